The quantitative estimate of drug-likeness (QED) is 0.832. The highest BCUT2D eigenvalue weighted by Gasteiger charge is 2.32. The van der Waals surface area contributed by atoms with Gasteiger partial charge in [-0.1, -0.05) is 43.2 Å². The van der Waals surface area contributed by atoms with Crippen LogP contribution in [0.4, 0.5) is 0 Å². The number of amides is 2. The highest BCUT2D eigenvalue weighted by molar-refractivity contribution is 5.89. The Bertz CT molecular complexity index is 584. The lowest BCUT2D eigenvalue weighted by atomic mass is 10.1. The minimum Gasteiger partial charge on any atom is -0.352 e. The summed E-state index contributed by atoms with van der Waals surface area (Å²) in [5.41, 5.74) is 1.22. The Morgan fingerprint density at radius 1 is 1.12 bits per heavy atom. The number of carbonyl (C=O) groups excluding carboxylic acids is 2. The lowest BCUT2D eigenvalue weighted by molar-refractivity contribution is -0.131. The maximum Gasteiger partial charge on any atom is 0.242 e. The van der Waals surface area contributed by atoms with Gasteiger partial charge in [-0.05, 0) is 44.7 Å². The molecule has 1 aliphatic heterocycles. The smallest absolute Gasteiger partial charge is 0.242 e. The molecule has 0 aromatic heterocycles. The Labute approximate surface area is 150 Å². The molecule has 5 heteroatoms. The van der Waals surface area contributed by atoms with Crippen molar-refractivity contribution in [2.45, 2.75) is 70.1 Å². The lowest BCUT2D eigenvalue weighted by Crippen LogP contribution is -2.52. The van der Waals surface area contributed by atoms with Crippen LogP contribution >= 0.6 is 0 Å². The standard InChI is InChI=1S/C20H29N3O2/c1-15(19(24)22-17-10-5-6-11-17)21-20(25)18-12-7-13-23(18)14-16-8-3-2-4-9-16/h2-4,8-9,15,17-18H,5-7,10-14H2,1H3,(H,21,25)(H,22,24). The summed E-state index contributed by atoms with van der Waals surface area (Å²) in [6.07, 6.45) is 6.35. The summed E-state index contributed by atoms with van der Waals surface area (Å²) in [6, 6.07) is 9.89. The fourth-order valence-corrected chi connectivity index (χ4v) is 3.90. The zero-order valence-electron chi connectivity index (χ0n) is 15.0. The third-order valence-electron chi connectivity index (χ3n) is 5.35. The minimum atomic E-state index is -0.479. The van der Waals surface area contributed by atoms with Crippen LogP contribution in [0.15, 0.2) is 30.3 Å². The Morgan fingerprint density at radius 2 is 1.84 bits per heavy atom. The summed E-state index contributed by atoms with van der Waals surface area (Å²) < 4.78 is 0. The highest BCUT2D eigenvalue weighted by Crippen LogP contribution is 2.21. The van der Waals surface area contributed by atoms with Gasteiger partial charge in [0.1, 0.15) is 6.04 Å². The summed E-state index contributed by atoms with van der Waals surface area (Å²) in [5.74, 6) is -0.0876. The van der Waals surface area contributed by atoms with Gasteiger partial charge in [0.15, 0.2) is 0 Å². The number of hydrogen-bond donors (Lipinski definition) is 2. The predicted molar refractivity (Wildman–Crippen MR) is 97.9 cm³/mol. The average Bonchev–Trinajstić information content (AvgIpc) is 3.27. The van der Waals surface area contributed by atoms with Crippen LogP contribution in [0, 0.1) is 0 Å². The molecule has 1 heterocycles. The van der Waals surface area contributed by atoms with Gasteiger partial charge < -0.3 is 10.6 Å². The van der Waals surface area contributed by atoms with Crippen LogP contribution < -0.4 is 10.6 Å². The second-order valence-electron chi connectivity index (χ2n) is 7.33. The zero-order valence-corrected chi connectivity index (χ0v) is 15.0. The summed E-state index contributed by atoms with van der Waals surface area (Å²) in [4.78, 5) is 27.2. The third kappa shape index (κ3) is 4.82. The highest BCUT2D eigenvalue weighted by atomic mass is 16.2. The monoisotopic (exact) mass is 343 g/mol. The number of nitrogens with one attached hydrogen (secondary N) is 2. The van der Waals surface area contributed by atoms with Gasteiger partial charge in [-0.3, -0.25) is 14.5 Å². The number of benzene rings is 1. The van der Waals surface area contributed by atoms with Crippen LogP contribution in [0.25, 0.3) is 0 Å². The zero-order chi connectivity index (χ0) is 17.6. The van der Waals surface area contributed by atoms with Crippen LogP contribution in [-0.2, 0) is 16.1 Å². The first-order chi connectivity index (χ1) is 12.1. The van der Waals surface area contributed by atoms with Crippen molar-refractivity contribution in [3.05, 3.63) is 35.9 Å². The van der Waals surface area contributed by atoms with Gasteiger partial charge in [0.25, 0.3) is 0 Å². The second-order valence-corrected chi connectivity index (χ2v) is 7.33. The van der Waals surface area contributed by atoms with E-state index in [1.54, 1.807) is 6.92 Å². The lowest BCUT2D eigenvalue weighted by Gasteiger charge is -2.25. The van der Waals surface area contributed by atoms with E-state index in [1.165, 1.54) is 18.4 Å². The molecular formula is C20H29N3O2. The van der Waals surface area contributed by atoms with E-state index in [-0.39, 0.29) is 23.9 Å². The Kier molecular flexibility index (Phi) is 6.08. The number of rotatable bonds is 6. The fourth-order valence-electron chi connectivity index (χ4n) is 3.90. The molecule has 2 fully saturated rings. The summed E-state index contributed by atoms with van der Waals surface area (Å²) in [5, 5.41) is 5.98. The van der Waals surface area contributed by atoms with Crippen molar-refractivity contribution in [1.82, 2.24) is 15.5 Å². The number of hydrogen-bond acceptors (Lipinski definition) is 3. The maximum atomic E-state index is 12.7. The van der Waals surface area contributed by atoms with Gasteiger partial charge in [-0.15, -0.1) is 0 Å². The van der Waals surface area contributed by atoms with E-state index in [4.69, 9.17) is 0 Å². The molecule has 1 saturated heterocycles. The molecule has 136 valence electrons. The second kappa shape index (κ2) is 8.48. The first kappa shape index (κ1) is 17.9. The largest absolute Gasteiger partial charge is 0.352 e. The van der Waals surface area contributed by atoms with Crippen molar-refractivity contribution in [2.24, 2.45) is 0 Å². The molecule has 1 aliphatic carbocycles. The van der Waals surface area contributed by atoms with Crippen molar-refractivity contribution < 1.29 is 9.59 Å². The minimum absolute atomic E-state index is 0.0255. The normalized spacial score (nSPS) is 22.7. The van der Waals surface area contributed by atoms with E-state index in [0.29, 0.717) is 0 Å². The van der Waals surface area contributed by atoms with E-state index >= 15 is 0 Å². The van der Waals surface area contributed by atoms with E-state index in [2.05, 4.69) is 27.7 Å². The molecule has 0 radical (unpaired) electrons. The van der Waals surface area contributed by atoms with Crippen molar-refractivity contribution >= 4 is 11.8 Å². The van der Waals surface area contributed by atoms with Crippen molar-refractivity contribution in [3.63, 3.8) is 0 Å². The molecule has 3 rings (SSSR count). The van der Waals surface area contributed by atoms with Crippen molar-refractivity contribution in [3.8, 4) is 0 Å². The summed E-state index contributed by atoms with van der Waals surface area (Å²) in [7, 11) is 0. The van der Waals surface area contributed by atoms with Crippen LogP contribution in [0.1, 0.15) is 51.0 Å². The molecule has 1 aromatic rings. The van der Waals surface area contributed by atoms with Gasteiger partial charge >= 0.3 is 0 Å². The van der Waals surface area contributed by atoms with Crippen LogP contribution in [-0.4, -0.2) is 41.4 Å². The average molecular weight is 343 g/mol. The van der Waals surface area contributed by atoms with Gasteiger partial charge in [0, 0.05) is 12.6 Å². The molecule has 2 amide bonds. The molecule has 2 unspecified atom stereocenters. The number of nitrogens with zero attached hydrogens (tertiary/aromatic N) is 1. The van der Waals surface area contributed by atoms with E-state index in [0.717, 1.165) is 38.8 Å². The topological polar surface area (TPSA) is 61.4 Å². The first-order valence-corrected chi connectivity index (χ1v) is 9.52. The Balaban J connectivity index is 1.51. The molecule has 0 bridgehead atoms. The van der Waals surface area contributed by atoms with Crippen molar-refractivity contribution in [1.29, 1.82) is 0 Å². The van der Waals surface area contributed by atoms with Gasteiger partial charge in [0.2, 0.25) is 11.8 Å². The molecule has 25 heavy (non-hydrogen) atoms. The molecule has 2 N–H and O–H groups in total. The maximum absolute atomic E-state index is 12.7. The predicted octanol–water partition coefficient (Wildman–Crippen LogP) is 2.21. The van der Waals surface area contributed by atoms with E-state index < -0.39 is 6.04 Å². The first-order valence-electron chi connectivity index (χ1n) is 9.52. The molecule has 1 saturated carbocycles. The number of carbonyl (C=O) groups is 2. The van der Waals surface area contributed by atoms with E-state index in [1.807, 2.05) is 18.2 Å². The van der Waals surface area contributed by atoms with Crippen LogP contribution in [0.3, 0.4) is 0 Å². The Morgan fingerprint density at radius 3 is 2.56 bits per heavy atom. The molecule has 0 spiro atoms. The van der Waals surface area contributed by atoms with Crippen molar-refractivity contribution in [2.75, 3.05) is 6.54 Å². The number of likely N-dealkylation sites (tertiary alicyclic amines) is 1. The van der Waals surface area contributed by atoms with Crippen LogP contribution in [0.5, 0.6) is 0 Å². The molecule has 2 aliphatic rings. The molecule has 5 nitrogen and oxygen atoms in total. The Hall–Kier alpha value is -1.88. The molecule has 1 aromatic carbocycles. The fraction of sp³-hybridized carbons (Fsp3) is 0.600. The third-order valence-corrected chi connectivity index (χ3v) is 5.35. The molecular weight excluding hydrogens is 314 g/mol. The van der Waals surface area contributed by atoms with E-state index in [9.17, 15) is 9.59 Å². The summed E-state index contributed by atoms with van der Waals surface area (Å²) >= 11 is 0. The SMILES string of the molecule is CC(NC(=O)C1CCCN1Cc1ccccc1)C(=O)NC1CCCC1. The van der Waals surface area contributed by atoms with Gasteiger partial charge in [0.05, 0.1) is 6.04 Å². The molecule has 2 atom stereocenters. The summed E-state index contributed by atoms with van der Waals surface area (Å²) in [6.45, 7) is 3.48. The van der Waals surface area contributed by atoms with Gasteiger partial charge in [-0.2, -0.15) is 0 Å². The van der Waals surface area contributed by atoms with Gasteiger partial charge in [-0.25, -0.2) is 0 Å². The van der Waals surface area contributed by atoms with Crippen LogP contribution in [0.2, 0.25) is 0 Å².